The minimum atomic E-state index is -0.631. The van der Waals surface area contributed by atoms with Gasteiger partial charge in [0.25, 0.3) is 5.91 Å². The Morgan fingerprint density at radius 2 is 1.88 bits per heavy atom. The molecule has 1 amide bonds. The van der Waals surface area contributed by atoms with Crippen molar-refractivity contribution in [1.82, 2.24) is 15.0 Å². The molecule has 3 aromatic rings. The first-order valence-corrected chi connectivity index (χ1v) is 8.46. The van der Waals surface area contributed by atoms with Crippen molar-refractivity contribution in [1.29, 1.82) is 0 Å². The third-order valence-corrected chi connectivity index (χ3v) is 4.06. The van der Waals surface area contributed by atoms with E-state index in [1.807, 2.05) is 36.4 Å². The van der Waals surface area contributed by atoms with E-state index in [9.17, 15) is 4.79 Å². The van der Waals surface area contributed by atoms with Gasteiger partial charge >= 0.3 is 0 Å². The highest BCUT2D eigenvalue weighted by Crippen LogP contribution is 2.25. The molecule has 0 bridgehead atoms. The van der Waals surface area contributed by atoms with Gasteiger partial charge in [0, 0.05) is 12.6 Å². The number of benzene rings is 2. The van der Waals surface area contributed by atoms with E-state index in [0.29, 0.717) is 28.1 Å². The first kappa shape index (κ1) is 17.9. The number of halogens is 1. The lowest BCUT2D eigenvalue weighted by Gasteiger charge is -2.20. The lowest BCUT2D eigenvalue weighted by Crippen LogP contribution is -2.37. The molecule has 0 radical (unpaired) electrons. The topological polar surface area (TPSA) is 68.5 Å². The van der Waals surface area contributed by atoms with Crippen molar-refractivity contribution >= 4 is 17.5 Å². The Morgan fingerprint density at radius 1 is 1.19 bits per heavy atom. The summed E-state index contributed by atoms with van der Waals surface area (Å²) in [5, 5.41) is 4.47. The highest BCUT2D eigenvalue weighted by molar-refractivity contribution is 6.33. The van der Waals surface area contributed by atoms with E-state index in [0.717, 1.165) is 0 Å². The molecule has 7 heteroatoms. The van der Waals surface area contributed by atoms with E-state index in [-0.39, 0.29) is 12.5 Å². The fraction of sp³-hybridized carbons (Fsp3) is 0.211. The third-order valence-electron chi connectivity index (χ3n) is 3.74. The van der Waals surface area contributed by atoms with Gasteiger partial charge in [0.2, 0.25) is 11.7 Å². The average Bonchev–Trinajstić information content (AvgIpc) is 3.10. The number of aromatic nitrogens is 2. The number of rotatable bonds is 6. The Labute approximate surface area is 156 Å². The molecule has 0 aliphatic carbocycles. The van der Waals surface area contributed by atoms with E-state index in [1.165, 1.54) is 4.90 Å². The van der Waals surface area contributed by atoms with Crippen LogP contribution < -0.4 is 4.74 Å². The first-order chi connectivity index (χ1) is 12.5. The number of para-hydroxylation sites is 1. The summed E-state index contributed by atoms with van der Waals surface area (Å²) in [6.45, 7) is 1.88. The molecule has 3 rings (SSSR count). The summed E-state index contributed by atoms with van der Waals surface area (Å²) >= 11 is 6.14. The van der Waals surface area contributed by atoms with Crippen molar-refractivity contribution in [2.45, 2.75) is 19.6 Å². The Balaban J connectivity index is 1.63. The number of likely N-dealkylation sites (N-methyl/N-ethyl adjacent to an activating group) is 1. The summed E-state index contributed by atoms with van der Waals surface area (Å²) in [7, 11) is 1.66. The van der Waals surface area contributed by atoms with Crippen LogP contribution in [0.25, 0.3) is 11.4 Å². The molecule has 1 atom stereocenters. The van der Waals surface area contributed by atoms with E-state index in [1.54, 1.807) is 32.2 Å². The number of carbonyl (C=O) groups excluding carboxylic acids is 1. The standard InChI is InChI=1S/C19H18ClN3O3/c1-13(25-14-8-4-3-5-9-14)19(24)23(2)12-17-21-18(22-26-17)15-10-6-7-11-16(15)20/h3-11,13H,12H2,1-2H3. The summed E-state index contributed by atoms with van der Waals surface area (Å²) in [4.78, 5) is 18.3. The molecule has 26 heavy (non-hydrogen) atoms. The number of hydrogen-bond acceptors (Lipinski definition) is 5. The minimum Gasteiger partial charge on any atom is -0.481 e. The molecule has 0 saturated heterocycles. The fourth-order valence-corrected chi connectivity index (χ4v) is 2.64. The minimum absolute atomic E-state index is 0.179. The SMILES string of the molecule is CC(Oc1ccccc1)C(=O)N(C)Cc1nc(-c2ccccc2Cl)no1. The second-order valence-electron chi connectivity index (χ2n) is 5.76. The zero-order chi connectivity index (χ0) is 18.5. The third kappa shape index (κ3) is 4.21. The van der Waals surface area contributed by atoms with Crippen LogP contribution in [0.1, 0.15) is 12.8 Å². The Hall–Kier alpha value is -2.86. The van der Waals surface area contributed by atoms with Crippen LogP contribution in [0.3, 0.4) is 0 Å². The fourth-order valence-electron chi connectivity index (χ4n) is 2.42. The molecule has 0 aliphatic heterocycles. The van der Waals surface area contributed by atoms with Crippen LogP contribution >= 0.6 is 11.6 Å². The van der Waals surface area contributed by atoms with Crippen molar-refractivity contribution in [3.05, 3.63) is 65.5 Å². The van der Waals surface area contributed by atoms with Crippen molar-refractivity contribution < 1.29 is 14.1 Å². The molecule has 1 heterocycles. The number of nitrogens with zero attached hydrogens (tertiary/aromatic N) is 3. The van der Waals surface area contributed by atoms with Crippen LogP contribution in [0.15, 0.2) is 59.1 Å². The zero-order valence-electron chi connectivity index (χ0n) is 14.4. The lowest BCUT2D eigenvalue weighted by molar-refractivity contribution is -0.137. The van der Waals surface area contributed by atoms with Gasteiger partial charge in [-0.05, 0) is 31.2 Å². The van der Waals surface area contributed by atoms with Crippen LogP contribution in [0.4, 0.5) is 0 Å². The summed E-state index contributed by atoms with van der Waals surface area (Å²) in [6.07, 6.45) is -0.631. The Bertz CT molecular complexity index is 883. The van der Waals surface area contributed by atoms with Gasteiger partial charge in [0.1, 0.15) is 5.75 Å². The van der Waals surface area contributed by atoms with Gasteiger partial charge < -0.3 is 14.2 Å². The number of ether oxygens (including phenoxy) is 1. The van der Waals surface area contributed by atoms with Crippen molar-refractivity contribution in [2.24, 2.45) is 0 Å². The number of amides is 1. The number of carbonyl (C=O) groups is 1. The lowest BCUT2D eigenvalue weighted by atomic mass is 10.2. The second kappa shape index (κ2) is 8.01. The summed E-state index contributed by atoms with van der Waals surface area (Å²) in [6, 6.07) is 16.4. The zero-order valence-corrected chi connectivity index (χ0v) is 15.2. The van der Waals surface area contributed by atoms with Crippen LogP contribution in [-0.4, -0.2) is 34.1 Å². The molecule has 0 saturated carbocycles. The number of hydrogen-bond donors (Lipinski definition) is 0. The second-order valence-corrected chi connectivity index (χ2v) is 6.17. The molecule has 1 unspecified atom stereocenters. The van der Waals surface area contributed by atoms with Crippen molar-refractivity contribution in [2.75, 3.05) is 7.05 Å². The van der Waals surface area contributed by atoms with E-state index in [4.69, 9.17) is 20.9 Å². The molecular formula is C19H18ClN3O3. The summed E-state index contributed by atoms with van der Waals surface area (Å²) in [5.41, 5.74) is 0.680. The van der Waals surface area contributed by atoms with Gasteiger partial charge in [0.05, 0.1) is 11.6 Å². The summed E-state index contributed by atoms with van der Waals surface area (Å²) < 4.78 is 10.9. The van der Waals surface area contributed by atoms with Crippen LogP contribution in [0.5, 0.6) is 5.75 Å². The maximum absolute atomic E-state index is 12.5. The normalized spacial score (nSPS) is 11.8. The maximum Gasteiger partial charge on any atom is 0.263 e. The Morgan fingerprint density at radius 3 is 2.62 bits per heavy atom. The monoisotopic (exact) mass is 371 g/mol. The Kier molecular flexibility index (Phi) is 5.53. The van der Waals surface area contributed by atoms with Gasteiger partial charge in [-0.15, -0.1) is 0 Å². The summed E-state index contributed by atoms with van der Waals surface area (Å²) in [5.74, 6) is 1.16. The largest absolute Gasteiger partial charge is 0.481 e. The molecule has 2 aromatic carbocycles. The molecule has 134 valence electrons. The first-order valence-electron chi connectivity index (χ1n) is 8.09. The van der Waals surface area contributed by atoms with E-state index < -0.39 is 6.10 Å². The molecule has 0 aliphatic rings. The van der Waals surface area contributed by atoms with E-state index in [2.05, 4.69) is 10.1 Å². The van der Waals surface area contributed by atoms with Crippen molar-refractivity contribution in [3.63, 3.8) is 0 Å². The van der Waals surface area contributed by atoms with Gasteiger partial charge in [-0.25, -0.2) is 0 Å². The van der Waals surface area contributed by atoms with E-state index >= 15 is 0 Å². The average molecular weight is 372 g/mol. The molecule has 1 aromatic heterocycles. The van der Waals surface area contributed by atoms with Crippen LogP contribution in [0, 0.1) is 0 Å². The predicted octanol–water partition coefficient (Wildman–Crippen LogP) is 3.82. The molecule has 0 spiro atoms. The predicted molar refractivity (Wildman–Crippen MR) is 97.8 cm³/mol. The molecular weight excluding hydrogens is 354 g/mol. The quantitative estimate of drug-likeness (QED) is 0.659. The maximum atomic E-state index is 12.5. The van der Waals surface area contributed by atoms with Gasteiger partial charge in [-0.1, -0.05) is 47.1 Å². The molecule has 0 N–H and O–H groups in total. The molecule has 0 fully saturated rings. The van der Waals surface area contributed by atoms with Gasteiger partial charge in [-0.3, -0.25) is 4.79 Å². The van der Waals surface area contributed by atoms with Crippen LogP contribution in [0.2, 0.25) is 5.02 Å². The van der Waals surface area contributed by atoms with Gasteiger partial charge in [-0.2, -0.15) is 4.98 Å². The highest BCUT2D eigenvalue weighted by atomic mass is 35.5. The van der Waals surface area contributed by atoms with Gasteiger partial charge in [0.15, 0.2) is 6.10 Å². The van der Waals surface area contributed by atoms with Crippen molar-refractivity contribution in [3.8, 4) is 17.1 Å². The smallest absolute Gasteiger partial charge is 0.263 e. The van der Waals surface area contributed by atoms with Crippen LogP contribution in [-0.2, 0) is 11.3 Å². The highest BCUT2D eigenvalue weighted by Gasteiger charge is 2.21. The molecule has 6 nitrogen and oxygen atoms in total.